The number of nitrogens with one attached hydrogen (secondary N) is 2. The number of hydrogen-bond acceptors (Lipinski definition) is 3. The second-order valence-corrected chi connectivity index (χ2v) is 8.25. The predicted octanol–water partition coefficient (Wildman–Crippen LogP) is 5.60. The fraction of sp³-hybridized carbons (Fsp3) is 0.348. The zero-order valence-electron chi connectivity index (χ0n) is 17.0. The minimum atomic E-state index is 0.518. The molecular weight excluding hydrogens is 378 g/mol. The van der Waals surface area contributed by atoms with E-state index in [2.05, 4.69) is 75.6 Å². The second-order valence-electron chi connectivity index (χ2n) is 7.84. The van der Waals surface area contributed by atoms with Gasteiger partial charge in [-0.15, -0.1) is 10.2 Å². The Labute approximate surface area is 177 Å². The molecule has 3 aromatic rings. The second kappa shape index (κ2) is 8.74. The SMILES string of the molecule is CC(C)c1ccc(NC(=S)Nc2cccc(-c3nnc4n3CCCCC4)c2)cc1. The van der Waals surface area contributed by atoms with Gasteiger partial charge in [0.2, 0.25) is 0 Å². The molecule has 0 saturated heterocycles. The van der Waals surface area contributed by atoms with Crippen molar-refractivity contribution >= 4 is 28.7 Å². The van der Waals surface area contributed by atoms with Crippen LogP contribution in [-0.2, 0) is 13.0 Å². The van der Waals surface area contributed by atoms with E-state index in [0.717, 1.165) is 41.6 Å². The first-order valence-electron chi connectivity index (χ1n) is 10.3. The predicted molar refractivity (Wildman–Crippen MR) is 123 cm³/mol. The van der Waals surface area contributed by atoms with Gasteiger partial charge < -0.3 is 15.2 Å². The van der Waals surface area contributed by atoms with Crippen LogP contribution in [-0.4, -0.2) is 19.9 Å². The van der Waals surface area contributed by atoms with Gasteiger partial charge in [0.25, 0.3) is 0 Å². The van der Waals surface area contributed by atoms with Gasteiger partial charge in [-0.3, -0.25) is 0 Å². The first-order chi connectivity index (χ1) is 14.1. The highest BCUT2D eigenvalue weighted by Crippen LogP contribution is 2.25. The summed E-state index contributed by atoms with van der Waals surface area (Å²) < 4.78 is 2.26. The van der Waals surface area contributed by atoms with Crippen molar-refractivity contribution in [3.63, 3.8) is 0 Å². The molecule has 5 nitrogen and oxygen atoms in total. The van der Waals surface area contributed by atoms with Crippen LogP contribution >= 0.6 is 12.2 Å². The molecule has 0 radical (unpaired) electrons. The lowest BCUT2D eigenvalue weighted by atomic mass is 10.0. The Balaban J connectivity index is 1.46. The summed E-state index contributed by atoms with van der Waals surface area (Å²) in [4.78, 5) is 0. The van der Waals surface area contributed by atoms with E-state index in [9.17, 15) is 0 Å². The number of fused-ring (bicyclic) bond motifs is 1. The molecule has 2 heterocycles. The Morgan fingerprint density at radius 3 is 2.55 bits per heavy atom. The molecule has 0 unspecified atom stereocenters. The number of hydrogen-bond donors (Lipinski definition) is 2. The van der Waals surface area contributed by atoms with Gasteiger partial charge in [0.15, 0.2) is 10.9 Å². The van der Waals surface area contributed by atoms with Crippen molar-refractivity contribution in [3.8, 4) is 11.4 Å². The molecule has 150 valence electrons. The normalized spacial score (nSPS) is 13.6. The molecule has 0 saturated carbocycles. The van der Waals surface area contributed by atoms with Gasteiger partial charge in [-0.05, 0) is 60.8 Å². The van der Waals surface area contributed by atoms with Gasteiger partial charge in [0.05, 0.1) is 0 Å². The van der Waals surface area contributed by atoms with Crippen LogP contribution in [0.4, 0.5) is 11.4 Å². The standard InChI is InChI=1S/C23H27N5S/c1-16(2)17-10-12-19(13-11-17)24-23(29)25-20-8-6-7-18(15-20)22-27-26-21-9-4-3-5-14-28(21)22/h6-8,10-13,15-16H,3-5,9,14H2,1-2H3,(H2,24,25,29). The van der Waals surface area contributed by atoms with Gasteiger partial charge in [-0.1, -0.05) is 44.5 Å². The Hall–Kier alpha value is -2.73. The Kier molecular flexibility index (Phi) is 5.90. The molecule has 4 rings (SSSR count). The summed E-state index contributed by atoms with van der Waals surface area (Å²) in [5.74, 6) is 2.55. The molecular formula is C23H27N5S. The minimum Gasteiger partial charge on any atom is -0.332 e. The summed E-state index contributed by atoms with van der Waals surface area (Å²) in [5.41, 5.74) is 4.28. The summed E-state index contributed by atoms with van der Waals surface area (Å²) in [6.45, 7) is 5.37. The van der Waals surface area contributed by atoms with Crippen molar-refractivity contribution in [2.45, 2.75) is 52.0 Å². The maximum absolute atomic E-state index is 5.51. The zero-order valence-corrected chi connectivity index (χ0v) is 17.8. The molecule has 2 N–H and O–H groups in total. The van der Waals surface area contributed by atoms with Crippen molar-refractivity contribution in [3.05, 3.63) is 59.9 Å². The highest BCUT2D eigenvalue weighted by molar-refractivity contribution is 7.80. The van der Waals surface area contributed by atoms with Crippen molar-refractivity contribution in [1.29, 1.82) is 0 Å². The van der Waals surface area contributed by atoms with Crippen LogP contribution in [0.2, 0.25) is 0 Å². The molecule has 2 aromatic carbocycles. The summed E-state index contributed by atoms with van der Waals surface area (Å²) in [5, 5.41) is 16.0. The Morgan fingerprint density at radius 1 is 0.966 bits per heavy atom. The van der Waals surface area contributed by atoms with Crippen molar-refractivity contribution in [2.24, 2.45) is 0 Å². The number of thiocarbonyl (C=S) groups is 1. The van der Waals surface area contributed by atoms with E-state index in [-0.39, 0.29) is 0 Å². The molecule has 0 spiro atoms. The smallest absolute Gasteiger partial charge is 0.175 e. The van der Waals surface area contributed by atoms with E-state index in [1.165, 1.54) is 24.8 Å². The third-order valence-electron chi connectivity index (χ3n) is 5.32. The quantitative estimate of drug-likeness (QED) is 0.553. The van der Waals surface area contributed by atoms with E-state index in [4.69, 9.17) is 12.2 Å². The zero-order chi connectivity index (χ0) is 20.2. The maximum Gasteiger partial charge on any atom is 0.175 e. The average molecular weight is 406 g/mol. The first-order valence-corrected chi connectivity index (χ1v) is 10.7. The van der Waals surface area contributed by atoms with Crippen LogP contribution in [0, 0.1) is 0 Å². The molecule has 1 aromatic heterocycles. The number of rotatable bonds is 4. The number of nitrogens with zero attached hydrogens (tertiary/aromatic N) is 3. The number of aryl methyl sites for hydroxylation is 1. The first kappa shape index (κ1) is 19.6. The molecule has 0 fully saturated rings. The van der Waals surface area contributed by atoms with Crippen LogP contribution in [0.15, 0.2) is 48.5 Å². The van der Waals surface area contributed by atoms with Gasteiger partial charge in [0.1, 0.15) is 5.82 Å². The van der Waals surface area contributed by atoms with E-state index < -0.39 is 0 Å². The minimum absolute atomic E-state index is 0.518. The Morgan fingerprint density at radius 2 is 1.76 bits per heavy atom. The third kappa shape index (κ3) is 4.65. The number of benzene rings is 2. The fourth-order valence-electron chi connectivity index (χ4n) is 3.68. The molecule has 1 aliphatic rings. The topological polar surface area (TPSA) is 54.8 Å². The van der Waals surface area contributed by atoms with Gasteiger partial charge in [-0.2, -0.15) is 0 Å². The molecule has 0 aliphatic carbocycles. The molecule has 29 heavy (non-hydrogen) atoms. The number of anilines is 2. The van der Waals surface area contributed by atoms with Crippen molar-refractivity contribution in [1.82, 2.24) is 14.8 Å². The molecule has 0 amide bonds. The highest BCUT2D eigenvalue weighted by atomic mass is 32.1. The van der Waals surface area contributed by atoms with E-state index in [1.807, 2.05) is 12.1 Å². The van der Waals surface area contributed by atoms with Crippen LogP contribution in [0.5, 0.6) is 0 Å². The van der Waals surface area contributed by atoms with Crippen molar-refractivity contribution in [2.75, 3.05) is 10.6 Å². The maximum atomic E-state index is 5.51. The van der Waals surface area contributed by atoms with Gasteiger partial charge in [0, 0.05) is 29.9 Å². The summed E-state index contributed by atoms with van der Waals surface area (Å²) in [7, 11) is 0. The lowest BCUT2D eigenvalue weighted by molar-refractivity contribution is 0.636. The molecule has 0 atom stereocenters. The highest BCUT2D eigenvalue weighted by Gasteiger charge is 2.16. The Bertz CT molecular complexity index is 991. The molecule has 6 heteroatoms. The van der Waals surface area contributed by atoms with Gasteiger partial charge >= 0.3 is 0 Å². The van der Waals surface area contributed by atoms with Gasteiger partial charge in [-0.25, -0.2) is 0 Å². The molecule has 0 bridgehead atoms. The van der Waals surface area contributed by atoms with E-state index >= 15 is 0 Å². The fourth-order valence-corrected chi connectivity index (χ4v) is 3.92. The van der Waals surface area contributed by atoms with Crippen molar-refractivity contribution < 1.29 is 0 Å². The number of aromatic nitrogens is 3. The average Bonchev–Trinajstić information content (AvgIpc) is 2.97. The monoisotopic (exact) mass is 405 g/mol. The lowest BCUT2D eigenvalue weighted by Gasteiger charge is -2.13. The van der Waals surface area contributed by atoms with E-state index in [0.29, 0.717) is 11.0 Å². The van der Waals surface area contributed by atoms with Crippen LogP contribution in [0.3, 0.4) is 0 Å². The summed E-state index contributed by atoms with van der Waals surface area (Å²) in [6.07, 6.45) is 4.63. The third-order valence-corrected chi connectivity index (χ3v) is 5.53. The van der Waals surface area contributed by atoms with Crippen LogP contribution in [0.25, 0.3) is 11.4 Å². The summed E-state index contributed by atoms with van der Waals surface area (Å²) in [6, 6.07) is 16.6. The van der Waals surface area contributed by atoms with E-state index in [1.54, 1.807) is 0 Å². The summed E-state index contributed by atoms with van der Waals surface area (Å²) >= 11 is 5.51. The lowest BCUT2D eigenvalue weighted by Crippen LogP contribution is -2.19. The van der Waals surface area contributed by atoms with Crippen LogP contribution in [0.1, 0.15) is 50.4 Å². The largest absolute Gasteiger partial charge is 0.332 e. The van der Waals surface area contributed by atoms with Crippen LogP contribution < -0.4 is 10.6 Å². The molecule has 1 aliphatic heterocycles.